The molecule has 4 heteroatoms. The predicted octanol–water partition coefficient (Wildman–Crippen LogP) is 3.32. The number of amides is 1. The predicted molar refractivity (Wildman–Crippen MR) is 79.7 cm³/mol. The van der Waals surface area contributed by atoms with Gasteiger partial charge in [-0.3, -0.25) is 9.69 Å². The lowest BCUT2D eigenvalue weighted by molar-refractivity contribution is -0.117. The third kappa shape index (κ3) is 4.22. The van der Waals surface area contributed by atoms with Gasteiger partial charge in [-0.1, -0.05) is 24.6 Å². The van der Waals surface area contributed by atoms with Crippen LogP contribution in [0.25, 0.3) is 0 Å². The number of likely N-dealkylation sites (tertiary alicyclic amines) is 1. The van der Waals surface area contributed by atoms with Crippen LogP contribution >= 0.6 is 11.6 Å². The monoisotopic (exact) mass is 280 g/mol. The van der Waals surface area contributed by atoms with Gasteiger partial charge in [-0.25, -0.2) is 0 Å². The largest absolute Gasteiger partial charge is 0.324 e. The lowest BCUT2D eigenvalue weighted by atomic mass is 10.0. The van der Waals surface area contributed by atoms with E-state index in [2.05, 4.69) is 17.1 Å². The molecule has 1 amide bonds. The first-order valence-electron chi connectivity index (χ1n) is 6.83. The van der Waals surface area contributed by atoms with Gasteiger partial charge in [-0.15, -0.1) is 0 Å². The number of piperidine rings is 1. The fourth-order valence-corrected chi connectivity index (χ4v) is 2.83. The van der Waals surface area contributed by atoms with E-state index in [1.807, 2.05) is 25.1 Å². The molecule has 0 bridgehead atoms. The second-order valence-corrected chi connectivity index (χ2v) is 5.92. The van der Waals surface area contributed by atoms with Crippen LogP contribution in [-0.4, -0.2) is 30.4 Å². The van der Waals surface area contributed by atoms with Crippen molar-refractivity contribution in [1.29, 1.82) is 0 Å². The van der Waals surface area contributed by atoms with E-state index >= 15 is 0 Å². The Morgan fingerprint density at radius 2 is 2.32 bits per heavy atom. The highest BCUT2D eigenvalue weighted by atomic mass is 35.5. The van der Waals surface area contributed by atoms with Crippen LogP contribution < -0.4 is 5.32 Å². The first kappa shape index (κ1) is 14.4. The summed E-state index contributed by atoms with van der Waals surface area (Å²) in [6, 6.07) is 5.67. The maximum absolute atomic E-state index is 12.0. The third-order valence-corrected chi connectivity index (χ3v) is 3.82. The highest BCUT2D eigenvalue weighted by Crippen LogP contribution is 2.23. The summed E-state index contributed by atoms with van der Waals surface area (Å²) in [4.78, 5) is 14.2. The van der Waals surface area contributed by atoms with Gasteiger partial charge in [0, 0.05) is 6.54 Å². The van der Waals surface area contributed by atoms with E-state index in [0.29, 0.717) is 23.2 Å². The average Bonchev–Trinajstić information content (AvgIpc) is 2.33. The summed E-state index contributed by atoms with van der Waals surface area (Å²) in [6.45, 7) is 6.69. The van der Waals surface area contributed by atoms with Crippen LogP contribution in [0.3, 0.4) is 0 Å². The Labute approximate surface area is 119 Å². The topological polar surface area (TPSA) is 32.3 Å². The van der Waals surface area contributed by atoms with Crippen LogP contribution in [0, 0.1) is 12.8 Å². The minimum absolute atomic E-state index is 0.0138. The first-order valence-corrected chi connectivity index (χ1v) is 7.21. The van der Waals surface area contributed by atoms with E-state index < -0.39 is 0 Å². The molecule has 1 aromatic carbocycles. The van der Waals surface area contributed by atoms with Crippen LogP contribution in [0.15, 0.2) is 18.2 Å². The van der Waals surface area contributed by atoms with Gasteiger partial charge in [0.1, 0.15) is 0 Å². The number of aryl methyl sites for hydroxylation is 1. The molecule has 104 valence electrons. The molecular formula is C15H21ClN2O. The van der Waals surface area contributed by atoms with Crippen molar-refractivity contribution in [2.24, 2.45) is 5.92 Å². The van der Waals surface area contributed by atoms with Gasteiger partial charge in [-0.2, -0.15) is 0 Å². The van der Waals surface area contributed by atoms with Crippen molar-refractivity contribution in [3.05, 3.63) is 28.8 Å². The molecule has 1 aliphatic rings. The molecule has 1 saturated heterocycles. The van der Waals surface area contributed by atoms with Gasteiger partial charge in [0.05, 0.1) is 17.3 Å². The van der Waals surface area contributed by atoms with E-state index in [-0.39, 0.29) is 5.91 Å². The second-order valence-electron chi connectivity index (χ2n) is 5.51. The van der Waals surface area contributed by atoms with Gasteiger partial charge in [0.15, 0.2) is 0 Å². The van der Waals surface area contributed by atoms with Crippen LogP contribution in [0.4, 0.5) is 5.69 Å². The van der Waals surface area contributed by atoms with E-state index in [9.17, 15) is 4.79 Å². The molecule has 0 spiro atoms. The number of nitrogens with zero attached hydrogens (tertiary/aromatic N) is 1. The number of carbonyl (C=O) groups is 1. The number of nitrogens with one attached hydrogen (secondary N) is 1. The molecular weight excluding hydrogens is 260 g/mol. The number of rotatable bonds is 3. The average molecular weight is 281 g/mol. The Balaban J connectivity index is 1.90. The zero-order valence-corrected chi connectivity index (χ0v) is 12.3. The minimum atomic E-state index is 0.0138. The number of halogens is 1. The first-order chi connectivity index (χ1) is 9.04. The lowest BCUT2D eigenvalue weighted by Crippen LogP contribution is -2.39. The van der Waals surface area contributed by atoms with E-state index in [0.717, 1.165) is 18.7 Å². The smallest absolute Gasteiger partial charge is 0.238 e. The van der Waals surface area contributed by atoms with Gasteiger partial charge in [0.2, 0.25) is 5.91 Å². The zero-order chi connectivity index (χ0) is 13.8. The highest BCUT2D eigenvalue weighted by molar-refractivity contribution is 6.33. The fraction of sp³-hybridized carbons (Fsp3) is 0.533. The van der Waals surface area contributed by atoms with E-state index in [1.165, 1.54) is 12.8 Å². The van der Waals surface area contributed by atoms with Crippen molar-refractivity contribution in [2.75, 3.05) is 25.0 Å². The number of anilines is 1. The number of hydrogen-bond donors (Lipinski definition) is 1. The van der Waals surface area contributed by atoms with Crippen LogP contribution in [0.5, 0.6) is 0 Å². The van der Waals surface area contributed by atoms with Crippen LogP contribution in [0.2, 0.25) is 5.02 Å². The maximum atomic E-state index is 12.0. The van der Waals surface area contributed by atoms with Crippen molar-refractivity contribution in [1.82, 2.24) is 4.90 Å². The Hall–Kier alpha value is -1.06. The standard InChI is InChI=1S/C15H21ClN2O/c1-11-5-6-14(13(16)8-11)17-15(19)10-18-7-3-4-12(2)9-18/h5-6,8,12H,3-4,7,9-10H2,1-2H3,(H,17,19). The molecule has 1 heterocycles. The third-order valence-electron chi connectivity index (χ3n) is 3.51. The van der Waals surface area contributed by atoms with Crippen molar-refractivity contribution in [3.8, 4) is 0 Å². The Bertz CT molecular complexity index is 461. The summed E-state index contributed by atoms with van der Waals surface area (Å²) in [5.41, 5.74) is 1.79. The molecule has 1 unspecified atom stereocenters. The quantitative estimate of drug-likeness (QED) is 0.921. The molecule has 1 atom stereocenters. The Kier molecular flexibility index (Phi) is 4.83. The number of hydrogen-bond acceptors (Lipinski definition) is 2. The highest BCUT2D eigenvalue weighted by Gasteiger charge is 2.18. The summed E-state index contributed by atoms with van der Waals surface area (Å²) in [6.07, 6.45) is 2.45. The molecule has 1 fully saturated rings. The zero-order valence-electron chi connectivity index (χ0n) is 11.6. The van der Waals surface area contributed by atoms with Crippen molar-refractivity contribution in [3.63, 3.8) is 0 Å². The molecule has 3 nitrogen and oxygen atoms in total. The molecule has 1 aromatic rings. The van der Waals surface area contributed by atoms with Crippen molar-refractivity contribution >= 4 is 23.2 Å². The maximum Gasteiger partial charge on any atom is 0.238 e. The number of carbonyl (C=O) groups excluding carboxylic acids is 1. The molecule has 0 aromatic heterocycles. The molecule has 19 heavy (non-hydrogen) atoms. The normalized spacial score (nSPS) is 20.3. The van der Waals surface area contributed by atoms with Crippen LogP contribution in [0.1, 0.15) is 25.3 Å². The van der Waals surface area contributed by atoms with Gasteiger partial charge >= 0.3 is 0 Å². The molecule has 0 radical (unpaired) electrons. The van der Waals surface area contributed by atoms with Gasteiger partial charge in [0.25, 0.3) is 0 Å². The number of benzene rings is 1. The Morgan fingerprint density at radius 3 is 3.00 bits per heavy atom. The van der Waals surface area contributed by atoms with Gasteiger partial charge in [-0.05, 0) is 49.9 Å². The van der Waals surface area contributed by atoms with Gasteiger partial charge < -0.3 is 5.32 Å². The Morgan fingerprint density at radius 1 is 1.53 bits per heavy atom. The summed E-state index contributed by atoms with van der Waals surface area (Å²) in [5, 5.41) is 3.48. The molecule has 2 rings (SSSR count). The summed E-state index contributed by atoms with van der Waals surface area (Å²) in [5.74, 6) is 0.698. The van der Waals surface area contributed by atoms with Crippen LogP contribution in [-0.2, 0) is 4.79 Å². The summed E-state index contributed by atoms with van der Waals surface area (Å²) in [7, 11) is 0. The summed E-state index contributed by atoms with van der Waals surface area (Å²) >= 11 is 6.11. The van der Waals surface area contributed by atoms with Crippen molar-refractivity contribution in [2.45, 2.75) is 26.7 Å². The molecule has 0 saturated carbocycles. The lowest BCUT2D eigenvalue weighted by Gasteiger charge is -2.30. The molecule has 1 aliphatic heterocycles. The summed E-state index contributed by atoms with van der Waals surface area (Å²) < 4.78 is 0. The van der Waals surface area contributed by atoms with E-state index in [1.54, 1.807) is 0 Å². The van der Waals surface area contributed by atoms with Crippen molar-refractivity contribution < 1.29 is 4.79 Å². The second kappa shape index (κ2) is 6.40. The SMILES string of the molecule is Cc1ccc(NC(=O)CN2CCCC(C)C2)c(Cl)c1. The minimum Gasteiger partial charge on any atom is -0.324 e. The molecule has 1 N–H and O–H groups in total. The fourth-order valence-electron chi connectivity index (χ4n) is 2.54. The van der Waals surface area contributed by atoms with E-state index in [4.69, 9.17) is 11.6 Å². The molecule has 0 aliphatic carbocycles.